The Morgan fingerprint density at radius 3 is 2.81 bits per heavy atom. The van der Waals surface area contributed by atoms with Gasteiger partial charge in [0.15, 0.2) is 5.82 Å². The molecule has 2 aromatic heterocycles. The summed E-state index contributed by atoms with van der Waals surface area (Å²) in [6.45, 7) is 8.73. The quantitative estimate of drug-likeness (QED) is 0.663. The Kier molecular flexibility index (Phi) is 4.58. The summed E-state index contributed by atoms with van der Waals surface area (Å²) in [5.74, 6) is 1.82. The highest BCUT2D eigenvalue weighted by atomic mass is 16.5. The van der Waals surface area contributed by atoms with Gasteiger partial charge in [-0.15, -0.1) is 6.58 Å². The van der Waals surface area contributed by atoms with Crippen molar-refractivity contribution in [1.29, 1.82) is 0 Å². The molecule has 4 rings (SSSR count). The lowest BCUT2D eigenvalue weighted by Gasteiger charge is -2.34. The molecule has 0 amide bonds. The van der Waals surface area contributed by atoms with Gasteiger partial charge in [-0.05, 0) is 18.2 Å². The SMILES string of the molecule is C=CCN1CCN(c2nccn3nc(-c4cccc(OC)c4)cc23)CC1. The molecule has 1 aromatic carbocycles. The van der Waals surface area contributed by atoms with E-state index in [2.05, 4.69) is 27.4 Å². The van der Waals surface area contributed by atoms with E-state index in [9.17, 15) is 0 Å². The summed E-state index contributed by atoms with van der Waals surface area (Å²) in [7, 11) is 1.68. The number of nitrogens with zero attached hydrogens (tertiary/aromatic N) is 5. The standard InChI is InChI=1S/C20H23N5O/c1-3-8-23-10-12-24(13-11-23)20-19-15-18(22-25(19)9-7-21-20)16-5-4-6-17(14-16)26-2/h3-7,9,14-15H,1,8,10-13H2,2H3. The van der Waals surface area contributed by atoms with Crippen LogP contribution in [0.5, 0.6) is 5.75 Å². The monoisotopic (exact) mass is 349 g/mol. The first kappa shape index (κ1) is 16.6. The molecule has 0 atom stereocenters. The topological polar surface area (TPSA) is 45.9 Å². The molecule has 1 fully saturated rings. The van der Waals surface area contributed by atoms with Crippen LogP contribution in [0.2, 0.25) is 0 Å². The Morgan fingerprint density at radius 1 is 1.19 bits per heavy atom. The van der Waals surface area contributed by atoms with Crippen molar-refractivity contribution in [3.63, 3.8) is 0 Å². The molecule has 0 spiro atoms. The van der Waals surface area contributed by atoms with Gasteiger partial charge in [-0.3, -0.25) is 4.90 Å². The number of hydrogen-bond donors (Lipinski definition) is 0. The highest BCUT2D eigenvalue weighted by Crippen LogP contribution is 2.27. The smallest absolute Gasteiger partial charge is 0.154 e. The van der Waals surface area contributed by atoms with Gasteiger partial charge in [0.25, 0.3) is 0 Å². The van der Waals surface area contributed by atoms with E-state index >= 15 is 0 Å². The van der Waals surface area contributed by atoms with Gasteiger partial charge in [-0.1, -0.05) is 18.2 Å². The first-order valence-corrected chi connectivity index (χ1v) is 8.85. The molecule has 6 nitrogen and oxygen atoms in total. The molecule has 0 N–H and O–H groups in total. The largest absolute Gasteiger partial charge is 0.497 e. The number of hydrogen-bond acceptors (Lipinski definition) is 5. The van der Waals surface area contributed by atoms with E-state index in [0.29, 0.717) is 0 Å². The van der Waals surface area contributed by atoms with E-state index in [1.165, 1.54) is 0 Å². The minimum Gasteiger partial charge on any atom is -0.497 e. The van der Waals surface area contributed by atoms with Crippen LogP contribution in [0.4, 0.5) is 5.82 Å². The molecule has 1 saturated heterocycles. The molecule has 3 heterocycles. The molecule has 0 bridgehead atoms. The molecule has 1 aliphatic heterocycles. The van der Waals surface area contributed by atoms with Gasteiger partial charge in [0.1, 0.15) is 11.3 Å². The Balaban J connectivity index is 1.65. The van der Waals surface area contributed by atoms with Crippen LogP contribution in [-0.4, -0.2) is 59.3 Å². The van der Waals surface area contributed by atoms with Crippen LogP contribution >= 0.6 is 0 Å². The highest BCUT2D eigenvalue weighted by Gasteiger charge is 2.20. The van der Waals surface area contributed by atoms with E-state index < -0.39 is 0 Å². The molecule has 6 heteroatoms. The van der Waals surface area contributed by atoms with Crippen molar-refractivity contribution < 1.29 is 4.74 Å². The summed E-state index contributed by atoms with van der Waals surface area (Å²) in [5, 5.41) is 4.73. The molecule has 1 aliphatic rings. The fraction of sp³-hybridized carbons (Fsp3) is 0.300. The predicted octanol–water partition coefficient (Wildman–Crippen LogP) is 2.71. The Labute approximate surface area is 153 Å². The van der Waals surface area contributed by atoms with E-state index in [1.54, 1.807) is 7.11 Å². The zero-order valence-corrected chi connectivity index (χ0v) is 15.0. The van der Waals surface area contributed by atoms with Gasteiger partial charge in [-0.2, -0.15) is 5.10 Å². The van der Waals surface area contributed by atoms with Crippen LogP contribution in [0.15, 0.2) is 55.4 Å². The summed E-state index contributed by atoms with van der Waals surface area (Å²) < 4.78 is 7.24. The summed E-state index contributed by atoms with van der Waals surface area (Å²) in [4.78, 5) is 9.39. The number of fused-ring (bicyclic) bond motifs is 1. The summed E-state index contributed by atoms with van der Waals surface area (Å²) in [6, 6.07) is 10.1. The van der Waals surface area contributed by atoms with Gasteiger partial charge in [-0.25, -0.2) is 9.50 Å². The van der Waals surface area contributed by atoms with Gasteiger partial charge in [0.05, 0.1) is 12.8 Å². The third kappa shape index (κ3) is 3.15. The lowest BCUT2D eigenvalue weighted by molar-refractivity contribution is 0.283. The first-order chi connectivity index (χ1) is 12.8. The van der Waals surface area contributed by atoms with Crippen molar-refractivity contribution in [2.75, 3.05) is 44.7 Å². The second-order valence-electron chi connectivity index (χ2n) is 6.42. The summed E-state index contributed by atoms with van der Waals surface area (Å²) in [5.41, 5.74) is 2.99. The average molecular weight is 349 g/mol. The zero-order valence-electron chi connectivity index (χ0n) is 15.0. The number of ether oxygens (including phenoxy) is 1. The van der Waals surface area contributed by atoms with Crippen LogP contribution in [-0.2, 0) is 0 Å². The number of piperazine rings is 1. The lowest BCUT2D eigenvalue weighted by Crippen LogP contribution is -2.46. The molecule has 0 unspecified atom stereocenters. The van der Waals surface area contributed by atoms with Gasteiger partial charge in [0.2, 0.25) is 0 Å². The van der Waals surface area contributed by atoms with E-state index in [0.717, 1.165) is 61.1 Å². The average Bonchev–Trinajstić information content (AvgIpc) is 3.13. The van der Waals surface area contributed by atoms with E-state index in [1.807, 2.05) is 47.3 Å². The maximum atomic E-state index is 5.33. The second kappa shape index (κ2) is 7.17. The number of benzene rings is 1. The summed E-state index contributed by atoms with van der Waals surface area (Å²) in [6.07, 6.45) is 5.68. The van der Waals surface area contributed by atoms with E-state index in [-0.39, 0.29) is 0 Å². The Hall–Kier alpha value is -2.86. The molecular formula is C20H23N5O. The molecule has 0 saturated carbocycles. The predicted molar refractivity (Wildman–Crippen MR) is 104 cm³/mol. The fourth-order valence-corrected chi connectivity index (χ4v) is 3.40. The lowest BCUT2D eigenvalue weighted by atomic mass is 10.1. The van der Waals surface area contributed by atoms with Crippen molar-refractivity contribution in [3.8, 4) is 17.0 Å². The van der Waals surface area contributed by atoms with Crippen LogP contribution in [0.3, 0.4) is 0 Å². The van der Waals surface area contributed by atoms with Crippen molar-refractivity contribution in [1.82, 2.24) is 19.5 Å². The third-order valence-corrected chi connectivity index (χ3v) is 4.79. The third-order valence-electron chi connectivity index (χ3n) is 4.79. The van der Waals surface area contributed by atoms with Crippen LogP contribution in [0, 0.1) is 0 Å². The summed E-state index contributed by atoms with van der Waals surface area (Å²) >= 11 is 0. The minimum atomic E-state index is 0.830. The number of methoxy groups -OCH3 is 1. The molecule has 3 aromatic rings. The molecule has 0 aliphatic carbocycles. The number of rotatable bonds is 5. The normalized spacial score (nSPS) is 15.3. The van der Waals surface area contributed by atoms with E-state index in [4.69, 9.17) is 9.84 Å². The minimum absolute atomic E-state index is 0.830. The van der Waals surface area contributed by atoms with Gasteiger partial charge >= 0.3 is 0 Å². The number of anilines is 1. The van der Waals surface area contributed by atoms with Gasteiger partial charge < -0.3 is 9.64 Å². The molecule has 0 radical (unpaired) electrons. The Bertz CT molecular complexity index is 911. The van der Waals surface area contributed by atoms with Crippen LogP contribution < -0.4 is 9.64 Å². The van der Waals surface area contributed by atoms with Crippen molar-refractivity contribution in [2.45, 2.75) is 0 Å². The van der Waals surface area contributed by atoms with Crippen molar-refractivity contribution >= 4 is 11.3 Å². The Morgan fingerprint density at radius 2 is 2.04 bits per heavy atom. The van der Waals surface area contributed by atoms with Crippen LogP contribution in [0.25, 0.3) is 16.8 Å². The fourth-order valence-electron chi connectivity index (χ4n) is 3.40. The molecule has 134 valence electrons. The second-order valence-corrected chi connectivity index (χ2v) is 6.42. The molecule has 26 heavy (non-hydrogen) atoms. The maximum absolute atomic E-state index is 5.33. The van der Waals surface area contributed by atoms with Crippen molar-refractivity contribution in [3.05, 3.63) is 55.4 Å². The maximum Gasteiger partial charge on any atom is 0.154 e. The van der Waals surface area contributed by atoms with Crippen LogP contribution in [0.1, 0.15) is 0 Å². The highest BCUT2D eigenvalue weighted by molar-refractivity contribution is 5.75. The van der Waals surface area contributed by atoms with Crippen molar-refractivity contribution in [2.24, 2.45) is 0 Å². The number of aromatic nitrogens is 3. The first-order valence-electron chi connectivity index (χ1n) is 8.85. The van der Waals surface area contributed by atoms with Gasteiger partial charge in [0, 0.05) is 50.7 Å². The zero-order chi connectivity index (χ0) is 17.9. The molecular weight excluding hydrogens is 326 g/mol.